The molecule has 1 aliphatic heterocycles. The number of benzene rings is 3. The van der Waals surface area contributed by atoms with Gasteiger partial charge in [0.25, 0.3) is 5.91 Å². The monoisotopic (exact) mass is 581 g/mol. The molecular weight excluding hydrogens is 557 g/mol. The number of ether oxygens (including phenoxy) is 3. The van der Waals surface area contributed by atoms with E-state index in [1.165, 1.54) is 17.2 Å². The number of alkyl halides is 1. The molecule has 1 amide bonds. The first-order chi connectivity index (χ1) is 21.0. The molecule has 0 spiro atoms. The number of anilines is 1. The second kappa shape index (κ2) is 12.2. The molecule has 11 nitrogen and oxygen atoms in total. The van der Waals surface area contributed by atoms with Gasteiger partial charge in [0.1, 0.15) is 19.0 Å². The van der Waals surface area contributed by atoms with Gasteiger partial charge in [0.05, 0.1) is 17.5 Å². The Hall–Kier alpha value is -5.49. The molecule has 4 atom stereocenters. The second-order valence-electron chi connectivity index (χ2n) is 9.58. The number of halogens is 1. The molecule has 3 aromatic carbocycles. The number of hydrogen-bond acceptors (Lipinski definition) is 9. The highest BCUT2D eigenvalue weighted by Gasteiger charge is 2.50. The van der Waals surface area contributed by atoms with E-state index in [9.17, 15) is 14.4 Å². The Morgan fingerprint density at radius 1 is 0.814 bits per heavy atom. The average molecular weight is 582 g/mol. The van der Waals surface area contributed by atoms with Gasteiger partial charge in [-0.05, 0) is 36.4 Å². The van der Waals surface area contributed by atoms with Gasteiger partial charge < -0.3 is 19.5 Å². The zero-order valence-corrected chi connectivity index (χ0v) is 22.4. The summed E-state index contributed by atoms with van der Waals surface area (Å²) in [6.07, 6.45) is -3.34. The number of carbonyl (C=O) groups excluding carboxylic acids is 3. The van der Waals surface area contributed by atoms with E-state index in [4.69, 9.17) is 14.2 Å². The molecule has 2 aromatic heterocycles. The van der Waals surface area contributed by atoms with Crippen LogP contribution in [0.4, 0.5) is 10.2 Å². The van der Waals surface area contributed by atoms with Gasteiger partial charge in [-0.25, -0.2) is 28.9 Å². The molecule has 1 aliphatic rings. The molecule has 3 heterocycles. The van der Waals surface area contributed by atoms with Crippen molar-refractivity contribution in [2.45, 2.75) is 24.6 Å². The molecular formula is C31H24FN5O6. The van der Waals surface area contributed by atoms with Crippen LogP contribution in [0.15, 0.2) is 104 Å². The van der Waals surface area contributed by atoms with Crippen LogP contribution < -0.4 is 5.32 Å². The fourth-order valence-corrected chi connectivity index (χ4v) is 4.67. The molecule has 0 unspecified atom stereocenters. The van der Waals surface area contributed by atoms with Gasteiger partial charge in [0, 0.05) is 5.56 Å². The lowest BCUT2D eigenvalue weighted by Crippen LogP contribution is -2.37. The van der Waals surface area contributed by atoms with E-state index >= 15 is 4.39 Å². The molecule has 0 aliphatic carbocycles. The molecule has 12 heteroatoms. The summed E-state index contributed by atoms with van der Waals surface area (Å²) in [6.45, 7) is -0.391. The molecule has 43 heavy (non-hydrogen) atoms. The standard InChI is InChI=1S/C31H24FN5O6/c32-23-25(43-31(40)21-14-8-3-9-15-21)22(16-41-30(39)20-12-6-2-7-13-20)42-29(23)37-18-35-24-26(33-17-34-27(24)37)36-28(38)19-10-4-1-5-11-19/h1-15,17-18,22-23,25,29H,16H2,(H,33,34,36,38)/t22-,23-,25-,29-/m1/s1. The fourth-order valence-electron chi connectivity index (χ4n) is 4.67. The minimum absolute atomic E-state index is 0.117. The summed E-state index contributed by atoms with van der Waals surface area (Å²) >= 11 is 0. The van der Waals surface area contributed by atoms with Gasteiger partial charge in [-0.1, -0.05) is 54.6 Å². The van der Waals surface area contributed by atoms with E-state index in [0.717, 1.165) is 0 Å². The van der Waals surface area contributed by atoms with Crippen LogP contribution in [0, 0.1) is 0 Å². The highest BCUT2D eigenvalue weighted by atomic mass is 19.1. The second-order valence-corrected chi connectivity index (χ2v) is 9.58. The first-order valence-corrected chi connectivity index (χ1v) is 13.3. The van der Waals surface area contributed by atoms with Crippen LogP contribution in [-0.4, -0.2) is 62.4 Å². The Morgan fingerprint density at radius 2 is 1.42 bits per heavy atom. The van der Waals surface area contributed by atoms with Crippen LogP contribution in [0.1, 0.15) is 37.3 Å². The normalized spacial score (nSPS) is 19.6. The van der Waals surface area contributed by atoms with Crippen molar-refractivity contribution >= 4 is 34.8 Å². The Kier molecular flexibility index (Phi) is 7.83. The molecule has 6 rings (SSSR count). The molecule has 216 valence electrons. The maximum Gasteiger partial charge on any atom is 0.338 e. The topological polar surface area (TPSA) is 135 Å². The zero-order valence-electron chi connectivity index (χ0n) is 22.4. The van der Waals surface area contributed by atoms with Crippen LogP contribution in [-0.2, 0) is 14.2 Å². The molecule has 1 saturated heterocycles. The minimum Gasteiger partial charge on any atom is -0.459 e. The predicted octanol–water partition coefficient (Wildman–Crippen LogP) is 4.40. The largest absolute Gasteiger partial charge is 0.459 e. The summed E-state index contributed by atoms with van der Waals surface area (Å²) in [7, 11) is 0. The molecule has 5 aromatic rings. The molecule has 1 fully saturated rings. The Bertz CT molecular complexity index is 1750. The lowest BCUT2D eigenvalue weighted by atomic mass is 10.1. The van der Waals surface area contributed by atoms with Crippen molar-refractivity contribution < 1.29 is 33.0 Å². The Morgan fingerprint density at radius 3 is 2.07 bits per heavy atom. The lowest BCUT2D eigenvalue weighted by Gasteiger charge is -2.19. The zero-order chi connectivity index (χ0) is 29.8. The van der Waals surface area contributed by atoms with Gasteiger partial charge in [-0.2, -0.15) is 0 Å². The number of imidazole rings is 1. The van der Waals surface area contributed by atoms with E-state index in [0.29, 0.717) is 11.1 Å². The highest BCUT2D eigenvalue weighted by Crippen LogP contribution is 2.36. The van der Waals surface area contributed by atoms with Crippen LogP contribution in [0.3, 0.4) is 0 Å². The quantitative estimate of drug-likeness (QED) is 0.265. The summed E-state index contributed by atoms with van der Waals surface area (Å²) in [5.41, 5.74) is 1.29. The number of nitrogens with one attached hydrogen (secondary N) is 1. The number of fused-ring (bicyclic) bond motifs is 1. The van der Waals surface area contributed by atoms with Crippen molar-refractivity contribution in [3.8, 4) is 0 Å². The first kappa shape index (κ1) is 27.7. The van der Waals surface area contributed by atoms with Gasteiger partial charge in [-0.3, -0.25) is 9.36 Å². The number of esters is 2. The van der Waals surface area contributed by atoms with Gasteiger partial charge in [0.2, 0.25) is 0 Å². The minimum atomic E-state index is -1.90. The summed E-state index contributed by atoms with van der Waals surface area (Å²) < 4.78 is 34.5. The van der Waals surface area contributed by atoms with Crippen molar-refractivity contribution in [1.29, 1.82) is 0 Å². The van der Waals surface area contributed by atoms with Gasteiger partial charge in [0.15, 0.2) is 35.5 Å². The maximum absolute atomic E-state index is 16.1. The van der Waals surface area contributed by atoms with Crippen LogP contribution in [0.25, 0.3) is 11.2 Å². The number of carbonyl (C=O) groups is 3. The van der Waals surface area contributed by atoms with E-state index < -0.39 is 49.1 Å². The van der Waals surface area contributed by atoms with Crippen molar-refractivity contribution in [2.24, 2.45) is 0 Å². The third-order valence-corrected chi connectivity index (χ3v) is 6.81. The third kappa shape index (κ3) is 5.81. The van der Waals surface area contributed by atoms with Crippen molar-refractivity contribution in [1.82, 2.24) is 19.5 Å². The number of aromatic nitrogens is 4. The first-order valence-electron chi connectivity index (χ1n) is 13.3. The van der Waals surface area contributed by atoms with Crippen molar-refractivity contribution in [3.63, 3.8) is 0 Å². The Balaban J connectivity index is 1.26. The third-order valence-electron chi connectivity index (χ3n) is 6.81. The van der Waals surface area contributed by atoms with Crippen molar-refractivity contribution in [3.05, 3.63) is 120 Å². The van der Waals surface area contributed by atoms with E-state index in [-0.39, 0.29) is 22.5 Å². The van der Waals surface area contributed by atoms with Gasteiger partial charge >= 0.3 is 11.9 Å². The number of nitrogens with zero attached hydrogens (tertiary/aromatic N) is 4. The SMILES string of the molecule is O=C(Nc1ncnc2c1ncn2[C@@H]1O[C@H](COC(=O)c2ccccc2)[C@@H](OC(=O)c2ccccc2)[C@H]1F)c1ccccc1. The molecule has 0 radical (unpaired) electrons. The maximum atomic E-state index is 16.1. The summed E-state index contributed by atoms with van der Waals surface area (Å²) in [4.78, 5) is 50.9. The lowest BCUT2D eigenvalue weighted by molar-refractivity contribution is -0.0570. The van der Waals surface area contributed by atoms with Crippen LogP contribution in [0.5, 0.6) is 0 Å². The van der Waals surface area contributed by atoms with Crippen LogP contribution in [0.2, 0.25) is 0 Å². The number of rotatable bonds is 8. The fraction of sp³-hybridized carbons (Fsp3) is 0.161. The number of amides is 1. The van der Waals surface area contributed by atoms with Gasteiger partial charge in [-0.15, -0.1) is 0 Å². The number of hydrogen-bond donors (Lipinski definition) is 1. The predicted molar refractivity (Wildman–Crippen MR) is 151 cm³/mol. The summed E-state index contributed by atoms with van der Waals surface area (Å²) in [5.74, 6) is -1.70. The van der Waals surface area contributed by atoms with E-state index in [1.54, 1.807) is 91.0 Å². The summed E-state index contributed by atoms with van der Waals surface area (Å²) in [5, 5.41) is 2.70. The Labute approximate surface area is 244 Å². The van der Waals surface area contributed by atoms with E-state index in [2.05, 4.69) is 20.3 Å². The molecule has 1 N–H and O–H groups in total. The van der Waals surface area contributed by atoms with Crippen molar-refractivity contribution in [2.75, 3.05) is 11.9 Å². The molecule has 0 saturated carbocycles. The molecule has 0 bridgehead atoms. The average Bonchev–Trinajstić information content (AvgIpc) is 3.62. The summed E-state index contributed by atoms with van der Waals surface area (Å²) in [6, 6.07) is 24.9. The smallest absolute Gasteiger partial charge is 0.338 e. The highest BCUT2D eigenvalue weighted by molar-refractivity contribution is 6.06. The van der Waals surface area contributed by atoms with Crippen LogP contribution >= 0.6 is 0 Å². The van der Waals surface area contributed by atoms with E-state index in [1.807, 2.05) is 0 Å².